The van der Waals surface area contributed by atoms with Crippen molar-refractivity contribution in [3.05, 3.63) is 35.0 Å². The van der Waals surface area contributed by atoms with E-state index in [4.69, 9.17) is 25.8 Å². The number of amides is 1. The van der Waals surface area contributed by atoms with Crippen LogP contribution in [-0.4, -0.2) is 60.8 Å². The third kappa shape index (κ3) is 4.82. The van der Waals surface area contributed by atoms with Crippen molar-refractivity contribution in [2.24, 2.45) is 0 Å². The largest absolute Gasteiger partial charge is 0.495 e. The summed E-state index contributed by atoms with van der Waals surface area (Å²) < 4.78 is 16.3. The van der Waals surface area contributed by atoms with Crippen LogP contribution in [0, 0.1) is 0 Å². The van der Waals surface area contributed by atoms with Crippen molar-refractivity contribution in [3.63, 3.8) is 0 Å². The molecule has 0 saturated carbocycles. The molecule has 28 heavy (non-hydrogen) atoms. The number of nitrogens with zero attached hydrogens (tertiary/aromatic N) is 3. The minimum absolute atomic E-state index is 0.0499. The van der Waals surface area contributed by atoms with Gasteiger partial charge in [-0.25, -0.2) is 4.98 Å². The Morgan fingerprint density at radius 2 is 2.14 bits per heavy atom. The Morgan fingerprint density at radius 1 is 1.36 bits per heavy atom. The van der Waals surface area contributed by atoms with E-state index < -0.39 is 0 Å². The summed E-state index contributed by atoms with van der Waals surface area (Å²) in [6.45, 7) is 4.79. The maximum Gasteiger partial charge on any atom is 0.254 e. The van der Waals surface area contributed by atoms with Crippen LogP contribution in [0.3, 0.4) is 0 Å². The van der Waals surface area contributed by atoms with Gasteiger partial charge in [-0.3, -0.25) is 4.79 Å². The lowest BCUT2D eigenvalue weighted by molar-refractivity contribution is 0.0302. The number of halogens is 1. The molecule has 150 valence electrons. The second-order valence-corrected chi connectivity index (χ2v) is 6.55. The average Bonchev–Trinajstić information content (AvgIpc) is 2.74. The summed E-state index contributed by atoms with van der Waals surface area (Å²) in [7, 11) is 1.54. The van der Waals surface area contributed by atoms with Gasteiger partial charge in [0.15, 0.2) is 0 Å². The van der Waals surface area contributed by atoms with Crippen LogP contribution >= 0.6 is 11.6 Å². The first-order valence-corrected chi connectivity index (χ1v) is 9.47. The fraction of sp³-hybridized carbons (Fsp3) is 0.421. The Labute approximate surface area is 168 Å². The average molecular weight is 407 g/mol. The van der Waals surface area contributed by atoms with E-state index in [1.165, 1.54) is 6.20 Å². The van der Waals surface area contributed by atoms with Crippen LogP contribution in [-0.2, 0) is 4.74 Å². The van der Waals surface area contributed by atoms with Gasteiger partial charge in [0.05, 0.1) is 38.8 Å². The molecule has 0 aliphatic carbocycles. The highest BCUT2D eigenvalue weighted by molar-refractivity contribution is 6.31. The van der Waals surface area contributed by atoms with Crippen LogP contribution in [0.2, 0.25) is 5.02 Å². The molecule has 3 rings (SSSR count). The summed E-state index contributed by atoms with van der Waals surface area (Å²) in [5, 5.41) is 3.43. The Morgan fingerprint density at radius 3 is 2.86 bits per heavy atom. The van der Waals surface area contributed by atoms with Gasteiger partial charge in [-0.2, -0.15) is 4.98 Å². The van der Waals surface area contributed by atoms with Crippen LogP contribution in [0.15, 0.2) is 24.4 Å². The summed E-state index contributed by atoms with van der Waals surface area (Å²) in [4.78, 5) is 22.9. The van der Waals surface area contributed by atoms with Crippen molar-refractivity contribution in [2.45, 2.75) is 13.3 Å². The minimum atomic E-state index is -0.0499. The molecular formula is C19H23ClN4O4. The Hall–Kier alpha value is -2.58. The van der Waals surface area contributed by atoms with Crippen molar-refractivity contribution in [1.82, 2.24) is 14.9 Å². The van der Waals surface area contributed by atoms with Crippen LogP contribution < -0.4 is 14.8 Å². The standard InChI is InChI=1S/C19H23ClN4O4/c1-3-8-28-17-14(20)12-21-19(23-17)22-15-5-4-13(11-16(15)26-2)18(25)24-6-9-27-10-7-24/h4-5,11-12H,3,6-10H2,1-2H3,(H,21,22,23). The lowest BCUT2D eigenvalue weighted by Gasteiger charge is -2.27. The summed E-state index contributed by atoms with van der Waals surface area (Å²) in [5.74, 6) is 1.10. The molecule has 0 spiro atoms. The molecule has 0 bridgehead atoms. The summed E-state index contributed by atoms with van der Waals surface area (Å²) in [6, 6.07) is 5.20. The van der Waals surface area contributed by atoms with Crippen molar-refractivity contribution in [3.8, 4) is 11.6 Å². The van der Waals surface area contributed by atoms with E-state index >= 15 is 0 Å². The molecular weight excluding hydrogens is 384 g/mol. The second-order valence-electron chi connectivity index (χ2n) is 6.14. The van der Waals surface area contributed by atoms with Crippen molar-refractivity contribution in [2.75, 3.05) is 45.3 Å². The molecule has 1 N–H and O–H groups in total. The number of benzene rings is 1. The first-order chi connectivity index (χ1) is 13.6. The molecule has 8 nitrogen and oxygen atoms in total. The van der Waals surface area contributed by atoms with Gasteiger partial charge in [0, 0.05) is 18.7 Å². The fourth-order valence-corrected chi connectivity index (χ4v) is 2.85. The first kappa shape index (κ1) is 20.2. The zero-order chi connectivity index (χ0) is 19.9. The van der Waals surface area contributed by atoms with Crippen LogP contribution in [0.4, 0.5) is 11.6 Å². The van der Waals surface area contributed by atoms with Gasteiger partial charge in [0.1, 0.15) is 10.8 Å². The van der Waals surface area contributed by atoms with E-state index in [1.54, 1.807) is 30.2 Å². The van der Waals surface area contributed by atoms with Crippen molar-refractivity contribution >= 4 is 29.1 Å². The predicted octanol–water partition coefficient (Wildman–Crippen LogP) is 3.14. The van der Waals surface area contributed by atoms with Gasteiger partial charge in [-0.15, -0.1) is 0 Å². The number of hydrogen-bond donors (Lipinski definition) is 1. The summed E-state index contributed by atoms with van der Waals surface area (Å²) in [6.07, 6.45) is 2.32. The van der Waals surface area contributed by atoms with Gasteiger partial charge in [0.2, 0.25) is 11.8 Å². The fourth-order valence-electron chi connectivity index (χ4n) is 2.71. The van der Waals surface area contributed by atoms with Gasteiger partial charge in [-0.1, -0.05) is 18.5 Å². The monoisotopic (exact) mass is 406 g/mol. The van der Waals surface area contributed by atoms with E-state index in [0.29, 0.717) is 66.8 Å². The molecule has 1 aliphatic heterocycles. The summed E-state index contributed by atoms with van der Waals surface area (Å²) >= 11 is 6.07. The first-order valence-electron chi connectivity index (χ1n) is 9.09. The third-order valence-corrected chi connectivity index (χ3v) is 4.41. The Balaban J connectivity index is 1.78. The molecule has 1 aromatic carbocycles. The van der Waals surface area contributed by atoms with Crippen molar-refractivity contribution in [1.29, 1.82) is 0 Å². The van der Waals surface area contributed by atoms with Gasteiger partial charge >= 0.3 is 0 Å². The zero-order valence-corrected chi connectivity index (χ0v) is 16.7. The Kier molecular flexibility index (Phi) is 6.89. The van der Waals surface area contributed by atoms with Gasteiger partial charge in [-0.05, 0) is 24.6 Å². The maximum absolute atomic E-state index is 12.7. The molecule has 1 amide bonds. The zero-order valence-electron chi connectivity index (χ0n) is 15.9. The third-order valence-electron chi connectivity index (χ3n) is 4.15. The number of nitrogens with one attached hydrogen (secondary N) is 1. The molecule has 1 saturated heterocycles. The van der Waals surface area contributed by atoms with Crippen molar-refractivity contribution < 1.29 is 19.0 Å². The van der Waals surface area contributed by atoms with E-state index in [9.17, 15) is 4.79 Å². The van der Waals surface area contributed by atoms with Gasteiger partial charge in [0.25, 0.3) is 5.91 Å². The molecule has 2 heterocycles. The predicted molar refractivity (Wildman–Crippen MR) is 106 cm³/mol. The van der Waals surface area contributed by atoms with Gasteiger partial charge < -0.3 is 24.4 Å². The lowest BCUT2D eigenvalue weighted by atomic mass is 10.1. The van der Waals surface area contributed by atoms with Crippen LogP contribution in [0.5, 0.6) is 11.6 Å². The molecule has 0 unspecified atom stereocenters. The highest BCUT2D eigenvalue weighted by Gasteiger charge is 2.20. The smallest absolute Gasteiger partial charge is 0.254 e. The highest BCUT2D eigenvalue weighted by atomic mass is 35.5. The number of aromatic nitrogens is 2. The number of carbonyl (C=O) groups is 1. The Bertz CT molecular complexity index is 828. The quantitative estimate of drug-likeness (QED) is 0.755. The van der Waals surface area contributed by atoms with E-state index in [2.05, 4.69) is 15.3 Å². The van der Waals surface area contributed by atoms with E-state index in [1.807, 2.05) is 6.92 Å². The molecule has 0 atom stereocenters. The van der Waals surface area contributed by atoms with Crippen LogP contribution in [0.25, 0.3) is 0 Å². The number of morpholine rings is 1. The number of methoxy groups -OCH3 is 1. The van der Waals surface area contributed by atoms with Crippen LogP contribution in [0.1, 0.15) is 23.7 Å². The number of ether oxygens (including phenoxy) is 3. The number of hydrogen-bond acceptors (Lipinski definition) is 7. The normalized spacial score (nSPS) is 13.9. The van der Waals surface area contributed by atoms with E-state index in [-0.39, 0.29) is 5.91 Å². The van der Waals surface area contributed by atoms with E-state index in [0.717, 1.165) is 6.42 Å². The minimum Gasteiger partial charge on any atom is -0.495 e. The SMILES string of the molecule is CCCOc1nc(Nc2ccc(C(=O)N3CCOCC3)cc2OC)ncc1Cl. The maximum atomic E-state index is 12.7. The molecule has 1 aromatic heterocycles. The molecule has 0 radical (unpaired) electrons. The topological polar surface area (TPSA) is 85.8 Å². The molecule has 1 fully saturated rings. The highest BCUT2D eigenvalue weighted by Crippen LogP contribution is 2.30. The second kappa shape index (κ2) is 9.57. The molecule has 2 aromatic rings. The molecule has 1 aliphatic rings. The lowest BCUT2D eigenvalue weighted by Crippen LogP contribution is -2.40. The number of carbonyl (C=O) groups excluding carboxylic acids is 1. The number of rotatable bonds is 7. The molecule has 9 heteroatoms. The summed E-state index contributed by atoms with van der Waals surface area (Å²) in [5.41, 5.74) is 1.18. The number of anilines is 2.